The van der Waals surface area contributed by atoms with Crippen LogP contribution >= 0.6 is 0 Å². The van der Waals surface area contributed by atoms with Crippen LogP contribution in [0.3, 0.4) is 0 Å². The van der Waals surface area contributed by atoms with Crippen LogP contribution < -0.4 is 0 Å². The first-order valence-corrected chi connectivity index (χ1v) is 10.9. The van der Waals surface area contributed by atoms with Crippen LogP contribution in [0.1, 0.15) is 42.6 Å². The Balaban J connectivity index is 1.57. The first-order valence-electron chi connectivity index (χ1n) is 9.05. The number of hydrogen-bond donors (Lipinski definition) is 1. The fraction of sp³-hybridized carbons (Fsp3) is 0.765. The summed E-state index contributed by atoms with van der Waals surface area (Å²) in [5.41, 5.74) is 3.48. The Morgan fingerprint density at radius 3 is 2.72 bits per heavy atom. The number of nitrogens with one attached hydrogen (secondary N) is 1. The van der Waals surface area contributed by atoms with Gasteiger partial charge in [0.15, 0.2) is 9.84 Å². The molecule has 7 nitrogen and oxygen atoms in total. The van der Waals surface area contributed by atoms with Crippen molar-refractivity contribution < 1.29 is 13.2 Å². The molecular weight excluding hydrogens is 340 g/mol. The van der Waals surface area contributed by atoms with Crippen LogP contribution in [0, 0.1) is 0 Å². The Morgan fingerprint density at radius 2 is 2.00 bits per heavy atom. The molecule has 1 saturated heterocycles. The van der Waals surface area contributed by atoms with E-state index in [1.807, 2.05) is 11.9 Å². The van der Waals surface area contributed by atoms with Gasteiger partial charge in [-0.15, -0.1) is 0 Å². The summed E-state index contributed by atoms with van der Waals surface area (Å²) in [5, 5.41) is 7.57. The summed E-state index contributed by atoms with van der Waals surface area (Å²) >= 11 is 0. The van der Waals surface area contributed by atoms with Gasteiger partial charge in [0.25, 0.3) is 0 Å². The molecule has 1 aromatic rings. The highest BCUT2D eigenvalue weighted by Crippen LogP contribution is 2.22. The van der Waals surface area contributed by atoms with E-state index >= 15 is 0 Å². The molecule has 0 aromatic carbocycles. The molecule has 1 aromatic heterocycles. The lowest BCUT2D eigenvalue weighted by molar-refractivity contribution is -0.131. The summed E-state index contributed by atoms with van der Waals surface area (Å²) in [4.78, 5) is 16.1. The van der Waals surface area contributed by atoms with E-state index in [0.717, 1.165) is 18.5 Å². The van der Waals surface area contributed by atoms with Gasteiger partial charge in [0.1, 0.15) is 0 Å². The Bertz CT molecular complexity index is 728. The lowest BCUT2D eigenvalue weighted by Crippen LogP contribution is -2.41. The third-order valence-electron chi connectivity index (χ3n) is 5.42. The summed E-state index contributed by atoms with van der Waals surface area (Å²) < 4.78 is 23.2. The van der Waals surface area contributed by atoms with Crippen molar-refractivity contribution in [1.82, 2.24) is 20.0 Å². The van der Waals surface area contributed by atoms with Crippen molar-refractivity contribution >= 4 is 15.7 Å². The number of nitrogens with zero attached hydrogens (tertiary/aromatic N) is 3. The predicted octanol–water partition coefficient (Wildman–Crippen LogP) is 0.756. The highest BCUT2D eigenvalue weighted by Gasteiger charge is 2.31. The minimum Gasteiger partial charge on any atom is -0.339 e. The van der Waals surface area contributed by atoms with Crippen LogP contribution in [0.2, 0.25) is 0 Å². The molecule has 1 amide bonds. The Kier molecular flexibility index (Phi) is 5.48. The zero-order valence-corrected chi connectivity index (χ0v) is 15.9. The quantitative estimate of drug-likeness (QED) is 0.776. The average molecular weight is 369 g/mol. The lowest BCUT2D eigenvalue weighted by atomic mass is 10.1. The normalized spacial score (nSPS) is 22.6. The molecule has 2 heterocycles. The summed E-state index contributed by atoms with van der Waals surface area (Å²) in [6.07, 6.45) is 6.30. The highest BCUT2D eigenvalue weighted by molar-refractivity contribution is 7.91. The Hall–Kier alpha value is -1.41. The molecule has 0 bridgehead atoms. The van der Waals surface area contributed by atoms with Gasteiger partial charge >= 0.3 is 0 Å². The highest BCUT2D eigenvalue weighted by atomic mass is 32.2. The maximum atomic E-state index is 12.5. The lowest BCUT2D eigenvalue weighted by Gasteiger charge is -2.25. The summed E-state index contributed by atoms with van der Waals surface area (Å²) in [5.74, 6) is 0.385. The van der Waals surface area contributed by atoms with Crippen LogP contribution in [0.4, 0.5) is 0 Å². The standard InChI is InChI=1S/C17H28N4O3S/c1-20(13-8-9-25(23,24)12-13)11-17(22)21(2)10-16-14-6-4-3-5-7-15(14)18-19-16/h13H,3-12H2,1-2H3,(H,18,19). The number of aromatic amines is 1. The van der Waals surface area contributed by atoms with Crippen LogP contribution in [0.25, 0.3) is 0 Å². The van der Waals surface area contributed by atoms with Gasteiger partial charge in [-0.05, 0) is 44.7 Å². The summed E-state index contributed by atoms with van der Waals surface area (Å²) in [6, 6.07) is -0.0518. The smallest absolute Gasteiger partial charge is 0.236 e. The van der Waals surface area contributed by atoms with E-state index in [9.17, 15) is 13.2 Å². The molecular formula is C17H28N4O3S. The van der Waals surface area contributed by atoms with Gasteiger partial charge in [0, 0.05) is 18.8 Å². The van der Waals surface area contributed by atoms with E-state index in [-0.39, 0.29) is 30.0 Å². The zero-order chi connectivity index (χ0) is 18.0. The number of carbonyl (C=O) groups is 1. The number of aryl methyl sites for hydroxylation is 1. The van der Waals surface area contributed by atoms with Gasteiger partial charge in [0.05, 0.1) is 30.3 Å². The number of carbonyl (C=O) groups excluding carboxylic acids is 1. The third-order valence-corrected chi connectivity index (χ3v) is 7.17. The second-order valence-electron chi connectivity index (χ2n) is 7.41. The average Bonchev–Trinajstić information content (AvgIpc) is 3.01. The number of aromatic nitrogens is 2. The molecule has 1 N–H and O–H groups in total. The van der Waals surface area contributed by atoms with Gasteiger partial charge in [-0.3, -0.25) is 14.8 Å². The maximum Gasteiger partial charge on any atom is 0.236 e. The fourth-order valence-corrected chi connectivity index (χ4v) is 5.56. The van der Waals surface area contributed by atoms with Gasteiger partial charge < -0.3 is 4.90 Å². The molecule has 1 atom stereocenters. The first kappa shape index (κ1) is 18.4. The molecule has 25 heavy (non-hydrogen) atoms. The summed E-state index contributed by atoms with van der Waals surface area (Å²) in [7, 11) is 0.690. The fourth-order valence-electron chi connectivity index (χ4n) is 3.76. The van der Waals surface area contributed by atoms with Crippen molar-refractivity contribution in [3.05, 3.63) is 17.0 Å². The minimum atomic E-state index is -2.93. The molecule has 140 valence electrons. The van der Waals surface area contributed by atoms with Gasteiger partial charge in [0.2, 0.25) is 5.91 Å². The van der Waals surface area contributed by atoms with E-state index in [4.69, 9.17) is 0 Å². The zero-order valence-electron chi connectivity index (χ0n) is 15.1. The van der Waals surface area contributed by atoms with Crippen molar-refractivity contribution in [1.29, 1.82) is 0 Å². The SMILES string of the molecule is CN(Cc1n[nH]c2c1CCCCC2)C(=O)CN(C)C1CCS(=O)(=O)C1. The van der Waals surface area contributed by atoms with Crippen LogP contribution in [-0.4, -0.2) is 72.5 Å². The van der Waals surface area contributed by atoms with E-state index in [2.05, 4.69) is 10.2 Å². The Morgan fingerprint density at radius 1 is 1.24 bits per heavy atom. The third kappa shape index (κ3) is 4.41. The van der Waals surface area contributed by atoms with E-state index in [1.165, 1.54) is 30.5 Å². The second kappa shape index (κ2) is 7.45. The van der Waals surface area contributed by atoms with E-state index in [1.54, 1.807) is 11.9 Å². The maximum absolute atomic E-state index is 12.5. The number of fused-ring (bicyclic) bond motifs is 1. The predicted molar refractivity (Wildman–Crippen MR) is 96.0 cm³/mol. The Labute approximate surface area is 149 Å². The van der Waals surface area contributed by atoms with Crippen molar-refractivity contribution in [3.63, 3.8) is 0 Å². The van der Waals surface area contributed by atoms with Gasteiger partial charge in [-0.1, -0.05) is 6.42 Å². The van der Waals surface area contributed by atoms with Crippen molar-refractivity contribution in [2.24, 2.45) is 0 Å². The topological polar surface area (TPSA) is 86.4 Å². The number of rotatable bonds is 5. The molecule has 0 saturated carbocycles. The number of hydrogen-bond acceptors (Lipinski definition) is 5. The molecule has 0 radical (unpaired) electrons. The second-order valence-corrected chi connectivity index (χ2v) is 9.64. The van der Waals surface area contributed by atoms with E-state index < -0.39 is 9.84 Å². The largest absolute Gasteiger partial charge is 0.339 e. The molecule has 1 aliphatic heterocycles. The number of H-pyrrole nitrogens is 1. The molecule has 0 spiro atoms. The number of likely N-dealkylation sites (N-methyl/N-ethyl adjacent to an activating group) is 2. The molecule has 3 rings (SSSR count). The molecule has 2 aliphatic rings. The van der Waals surface area contributed by atoms with Crippen molar-refractivity contribution in [2.45, 2.75) is 51.1 Å². The van der Waals surface area contributed by atoms with Crippen molar-refractivity contribution in [3.8, 4) is 0 Å². The molecule has 1 unspecified atom stereocenters. The van der Waals surface area contributed by atoms with Gasteiger partial charge in [-0.25, -0.2) is 8.42 Å². The molecule has 1 aliphatic carbocycles. The number of sulfone groups is 1. The summed E-state index contributed by atoms with van der Waals surface area (Å²) in [6.45, 7) is 0.741. The van der Waals surface area contributed by atoms with Crippen molar-refractivity contribution in [2.75, 3.05) is 32.1 Å². The first-order chi connectivity index (χ1) is 11.9. The van der Waals surface area contributed by atoms with Crippen LogP contribution in [0.5, 0.6) is 0 Å². The monoisotopic (exact) mass is 368 g/mol. The van der Waals surface area contributed by atoms with Crippen LogP contribution in [-0.2, 0) is 34.0 Å². The van der Waals surface area contributed by atoms with Gasteiger partial charge in [-0.2, -0.15) is 5.10 Å². The molecule has 1 fully saturated rings. The number of amides is 1. The van der Waals surface area contributed by atoms with E-state index in [0.29, 0.717) is 13.0 Å². The minimum absolute atomic E-state index is 0.00262. The molecule has 8 heteroatoms. The van der Waals surface area contributed by atoms with Crippen LogP contribution in [0.15, 0.2) is 0 Å².